The molecular weight excluding hydrogens is 262 g/mol. The fraction of sp³-hybridized carbons (Fsp3) is 0.250. The van der Waals surface area contributed by atoms with Crippen LogP contribution in [0.3, 0.4) is 0 Å². The normalized spacial score (nSPS) is 10.8. The molecule has 0 aromatic carbocycles. The lowest BCUT2D eigenvalue weighted by Crippen LogP contribution is -2.19. The summed E-state index contributed by atoms with van der Waals surface area (Å²) in [7, 11) is 0. The highest BCUT2D eigenvalue weighted by atomic mass is 19.4. The molecule has 0 N–H and O–H groups in total. The zero-order valence-corrected chi connectivity index (χ0v) is 8.36. The van der Waals surface area contributed by atoms with Gasteiger partial charge >= 0.3 is 12.0 Å². The molecule has 0 saturated heterocycles. The Morgan fingerprint density at radius 2 is 2.17 bits per heavy atom. The number of nitro groups is 1. The number of rotatable bonds is 3. The van der Waals surface area contributed by atoms with Crippen LogP contribution in [-0.2, 0) is 6.42 Å². The monoisotopic (exact) mass is 265 g/mol. The molecule has 0 radical (unpaired) electrons. The van der Waals surface area contributed by atoms with E-state index >= 15 is 0 Å². The molecule has 0 aliphatic rings. The lowest BCUT2D eigenvalue weighted by molar-refractivity contribution is -0.389. The Balaban J connectivity index is 3.44. The lowest BCUT2D eigenvalue weighted by atomic mass is 10.2. The minimum atomic E-state index is -5.25. The molecule has 1 rings (SSSR count). The first-order valence-electron chi connectivity index (χ1n) is 4.20. The zero-order chi connectivity index (χ0) is 13.9. The van der Waals surface area contributed by atoms with Gasteiger partial charge in [-0.05, 0) is 0 Å². The van der Waals surface area contributed by atoms with Crippen molar-refractivity contribution < 1.29 is 27.2 Å². The van der Waals surface area contributed by atoms with E-state index in [9.17, 15) is 27.7 Å². The van der Waals surface area contributed by atoms with Crippen LogP contribution in [0, 0.1) is 27.4 Å². The first-order valence-corrected chi connectivity index (χ1v) is 4.20. The summed E-state index contributed by atoms with van der Waals surface area (Å²) < 4.78 is 52.7. The Morgan fingerprint density at radius 1 is 1.56 bits per heavy atom. The number of ether oxygens (including phenoxy) is 1. The highest BCUT2D eigenvalue weighted by molar-refractivity contribution is 5.50. The van der Waals surface area contributed by atoms with E-state index in [1.807, 2.05) is 0 Å². The van der Waals surface area contributed by atoms with Gasteiger partial charge in [-0.25, -0.2) is 4.98 Å². The van der Waals surface area contributed by atoms with E-state index in [1.165, 1.54) is 6.07 Å². The van der Waals surface area contributed by atoms with Gasteiger partial charge in [-0.3, -0.25) is 10.1 Å². The zero-order valence-electron chi connectivity index (χ0n) is 8.36. The van der Waals surface area contributed by atoms with E-state index in [-0.39, 0.29) is 6.20 Å². The summed E-state index contributed by atoms with van der Waals surface area (Å²) in [6.45, 7) is 0. The molecule has 0 fully saturated rings. The maximum absolute atomic E-state index is 13.1. The lowest BCUT2D eigenvalue weighted by Gasteiger charge is -2.11. The molecular formula is C8H3F4N3O3. The third-order valence-corrected chi connectivity index (χ3v) is 1.73. The number of alkyl halides is 3. The van der Waals surface area contributed by atoms with Crippen molar-refractivity contribution in [2.45, 2.75) is 12.8 Å². The second-order valence-electron chi connectivity index (χ2n) is 2.88. The minimum absolute atomic E-state index is 0.289. The van der Waals surface area contributed by atoms with Crippen LogP contribution in [0.1, 0.15) is 5.56 Å². The van der Waals surface area contributed by atoms with Crippen LogP contribution >= 0.6 is 0 Å². The minimum Gasteiger partial charge on any atom is -0.398 e. The molecule has 0 amide bonds. The quantitative estimate of drug-likeness (QED) is 0.361. The third kappa shape index (κ3) is 3.03. The fourth-order valence-electron chi connectivity index (χ4n) is 1.09. The van der Waals surface area contributed by atoms with Crippen molar-refractivity contribution in [3.63, 3.8) is 0 Å². The van der Waals surface area contributed by atoms with Crippen LogP contribution in [0.4, 0.5) is 23.2 Å². The number of pyridine rings is 1. The van der Waals surface area contributed by atoms with Gasteiger partial charge in [0.2, 0.25) is 11.7 Å². The molecule has 0 atom stereocenters. The van der Waals surface area contributed by atoms with Crippen LogP contribution in [0.5, 0.6) is 5.75 Å². The first kappa shape index (κ1) is 13.6. The van der Waals surface area contributed by atoms with Gasteiger partial charge in [-0.1, -0.05) is 0 Å². The summed E-state index contributed by atoms with van der Waals surface area (Å²) in [6.07, 6.45) is -5.80. The van der Waals surface area contributed by atoms with Crippen molar-refractivity contribution >= 4 is 5.69 Å². The number of hydrogen-bond acceptors (Lipinski definition) is 5. The Bertz CT molecular complexity index is 524. The van der Waals surface area contributed by atoms with Crippen LogP contribution in [-0.4, -0.2) is 16.3 Å². The van der Waals surface area contributed by atoms with Crippen LogP contribution in [0.2, 0.25) is 0 Å². The highest BCUT2D eigenvalue weighted by Gasteiger charge is 2.37. The number of halogens is 4. The standard InChI is InChI=1S/C8H3F4N3O3/c9-7-4(1-2-13)6(18-8(10,11)12)5(3-14-7)15(16)17/h3H,1H2. The molecule has 0 unspecified atom stereocenters. The van der Waals surface area contributed by atoms with Gasteiger partial charge in [-0.2, -0.15) is 9.65 Å². The van der Waals surface area contributed by atoms with Crippen molar-refractivity contribution in [3.05, 3.63) is 27.8 Å². The fourth-order valence-corrected chi connectivity index (χ4v) is 1.09. The smallest absolute Gasteiger partial charge is 0.398 e. The Labute approximate surface area is 96.6 Å². The van der Waals surface area contributed by atoms with Gasteiger partial charge in [-0.15, -0.1) is 13.2 Å². The van der Waals surface area contributed by atoms with E-state index in [1.54, 1.807) is 0 Å². The molecule has 1 heterocycles. The van der Waals surface area contributed by atoms with Crippen molar-refractivity contribution in [1.82, 2.24) is 4.98 Å². The van der Waals surface area contributed by atoms with Crippen molar-refractivity contribution in [3.8, 4) is 11.8 Å². The third-order valence-electron chi connectivity index (χ3n) is 1.73. The Morgan fingerprint density at radius 3 is 2.61 bits per heavy atom. The average Bonchev–Trinajstić information content (AvgIpc) is 2.21. The van der Waals surface area contributed by atoms with Gasteiger partial charge in [0.25, 0.3) is 0 Å². The Kier molecular flexibility index (Phi) is 3.65. The molecule has 0 aliphatic carbocycles. The van der Waals surface area contributed by atoms with E-state index < -0.39 is 40.7 Å². The summed E-state index contributed by atoms with van der Waals surface area (Å²) in [5.74, 6) is -2.79. The number of nitrogens with zero attached hydrogens (tertiary/aromatic N) is 3. The first-order chi connectivity index (χ1) is 8.26. The summed E-state index contributed by atoms with van der Waals surface area (Å²) in [4.78, 5) is 12.2. The highest BCUT2D eigenvalue weighted by Crippen LogP contribution is 2.35. The molecule has 1 aromatic rings. The van der Waals surface area contributed by atoms with Crippen LogP contribution < -0.4 is 4.74 Å². The summed E-state index contributed by atoms with van der Waals surface area (Å²) >= 11 is 0. The predicted molar refractivity (Wildman–Crippen MR) is 46.8 cm³/mol. The summed E-state index contributed by atoms with van der Waals surface area (Å²) in [5, 5.41) is 18.8. The van der Waals surface area contributed by atoms with Gasteiger partial charge in [0.1, 0.15) is 6.20 Å². The molecule has 6 nitrogen and oxygen atoms in total. The molecule has 96 valence electrons. The number of nitriles is 1. The SMILES string of the molecule is N#CCc1c(F)ncc([N+](=O)[O-])c1OC(F)(F)F. The number of hydrogen-bond donors (Lipinski definition) is 0. The summed E-state index contributed by atoms with van der Waals surface area (Å²) in [5.41, 5.74) is -2.08. The van der Waals surface area contributed by atoms with Gasteiger partial charge in [0.05, 0.1) is 23.0 Å². The largest absolute Gasteiger partial charge is 0.573 e. The van der Waals surface area contributed by atoms with E-state index in [2.05, 4.69) is 9.72 Å². The maximum Gasteiger partial charge on any atom is 0.573 e. The van der Waals surface area contributed by atoms with Crippen molar-refractivity contribution in [1.29, 1.82) is 5.26 Å². The average molecular weight is 265 g/mol. The Hall–Kier alpha value is -2.44. The second kappa shape index (κ2) is 4.82. The molecule has 0 aliphatic heterocycles. The molecule has 1 aromatic heterocycles. The second-order valence-corrected chi connectivity index (χ2v) is 2.88. The van der Waals surface area contributed by atoms with Crippen LogP contribution in [0.25, 0.3) is 0 Å². The van der Waals surface area contributed by atoms with Gasteiger partial charge in [0.15, 0.2) is 0 Å². The predicted octanol–water partition coefficient (Wildman–Crippen LogP) is 2.09. The molecule has 0 saturated carbocycles. The molecule has 0 bridgehead atoms. The van der Waals surface area contributed by atoms with E-state index in [0.29, 0.717) is 0 Å². The maximum atomic E-state index is 13.1. The summed E-state index contributed by atoms with van der Waals surface area (Å²) in [6, 6.07) is 1.37. The molecule has 0 spiro atoms. The molecule has 18 heavy (non-hydrogen) atoms. The topological polar surface area (TPSA) is 89.0 Å². The van der Waals surface area contributed by atoms with E-state index in [4.69, 9.17) is 5.26 Å². The van der Waals surface area contributed by atoms with Crippen molar-refractivity contribution in [2.24, 2.45) is 0 Å². The number of aromatic nitrogens is 1. The van der Waals surface area contributed by atoms with Crippen molar-refractivity contribution in [2.75, 3.05) is 0 Å². The van der Waals surface area contributed by atoms with Gasteiger partial charge < -0.3 is 4.74 Å². The van der Waals surface area contributed by atoms with Crippen LogP contribution in [0.15, 0.2) is 6.20 Å². The molecule has 10 heteroatoms. The van der Waals surface area contributed by atoms with Gasteiger partial charge in [0, 0.05) is 0 Å². The van der Waals surface area contributed by atoms with E-state index in [0.717, 1.165) is 0 Å².